The van der Waals surface area contributed by atoms with E-state index in [-0.39, 0.29) is 27.4 Å². The fraction of sp³-hybridized carbons (Fsp3) is 0.381. The number of carbonyl (C=O) groups is 1. The number of nitrogens with one attached hydrogen (secondary N) is 1. The van der Waals surface area contributed by atoms with Crippen LogP contribution in [-0.2, 0) is 19.6 Å². The maximum atomic E-state index is 13.6. The number of hydrogen-bond acceptors (Lipinski definition) is 6. The van der Waals surface area contributed by atoms with E-state index in [1.807, 2.05) is 0 Å². The zero-order valence-corrected chi connectivity index (χ0v) is 19.7. The second-order valence-electron chi connectivity index (χ2n) is 6.91. The first-order chi connectivity index (χ1) is 14.6. The van der Waals surface area contributed by atoms with Gasteiger partial charge in [0.2, 0.25) is 5.91 Å². The summed E-state index contributed by atoms with van der Waals surface area (Å²) in [4.78, 5) is 12.6. The van der Waals surface area contributed by atoms with Gasteiger partial charge in [0, 0.05) is 13.2 Å². The van der Waals surface area contributed by atoms with Gasteiger partial charge in [-0.2, -0.15) is 0 Å². The van der Waals surface area contributed by atoms with Crippen molar-refractivity contribution in [2.45, 2.75) is 24.8 Å². The molecular formula is C21H27ClN2O6S. The Hall–Kier alpha value is -2.49. The van der Waals surface area contributed by atoms with E-state index in [4.69, 9.17) is 25.8 Å². The predicted molar refractivity (Wildman–Crippen MR) is 120 cm³/mol. The quantitative estimate of drug-likeness (QED) is 0.573. The Bertz CT molecular complexity index is 1030. The highest BCUT2D eigenvalue weighted by Crippen LogP contribution is 2.34. The molecule has 0 spiro atoms. The summed E-state index contributed by atoms with van der Waals surface area (Å²) >= 11 is 6.23. The third kappa shape index (κ3) is 6.03. The van der Waals surface area contributed by atoms with Gasteiger partial charge in [-0.05, 0) is 49.7 Å². The van der Waals surface area contributed by atoms with Crippen LogP contribution in [0, 0.1) is 6.92 Å². The van der Waals surface area contributed by atoms with E-state index in [0.29, 0.717) is 12.4 Å². The zero-order valence-electron chi connectivity index (χ0n) is 18.1. The Kier molecular flexibility index (Phi) is 8.55. The molecule has 2 aromatic carbocycles. The lowest BCUT2D eigenvalue weighted by atomic mass is 10.2. The second kappa shape index (κ2) is 10.7. The van der Waals surface area contributed by atoms with Crippen molar-refractivity contribution < 1.29 is 27.4 Å². The molecule has 0 unspecified atom stereocenters. The number of nitrogens with zero attached hydrogens (tertiary/aromatic N) is 1. The lowest BCUT2D eigenvalue weighted by Gasteiger charge is -2.26. The third-order valence-electron chi connectivity index (χ3n) is 4.42. The van der Waals surface area contributed by atoms with E-state index >= 15 is 0 Å². The molecule has 0 saturated heterocycles. The Morgan fingerprint density at radius 2 is 1.74 bits per heavy atom. The summed E-state index contributed by atoms with van der Waals surface area (Å²) in [5, 5.41) is 2.94. The number of ether oxygens (including phenoxy) is 3. The highest BCUT2D eigenvalue weighted by Gasteiger charge is 2.31. The van der Waals surface area contributed by atoms with E-state index < -0.39 is 22.5 Å². The van der Waals surface area contributed by atoms with Gasteiger partial charge >= 0.3 is 0 Å². The third-order valence-corrected chi connectivity index (χ3v) is 6.51. The summed E-state index contributed by atoms with van der Waals surface area (Å²) in [5.74, 6) is 0.0594. The van der Waals surface area contributed by atoms with Crippen LogP contribution >= 0.6 is 11.6 Å². The van der Waals surface area contributed by atoms with Crippen molar-refractivity contribution in [2.75, 3.05) is 38.8 Å². The first-order valence-electron chi connectivity index (χ1n) is 9.43. The van der Waals surface area contributed by atoms with Gasteiger partial charge in [-0.25, -0.2) is 8.42 Å². The highest BCUT2D eigenvalue weighted by atomic mass is 35.5. The largest absolute Gasteiger partial charge is 0.495 e. The number of methoxy groups -OCH3 is 3. The van der Waals surface area contributed by atoms with Crippen molar-refractivity contribution in [1.82, 2.24) is 5.32 Å². The summed E-state index contributed by atoms with van der Waals surface area (Å²) in [7, 11) is 0.177. The Labute approximate surface area is 188 Å². The maximum absolute atomic E-state index is 13.6. The molecule has 2 aromatic rings. The maximum Gasteiger partial charge on any atom is 0.268 e. The first-order valence-corrected chi connectivity index (χ1v) is 11.2. The number of carbonyl (C=O) groups excluding carboxylic acids is 1. The second-order valence-corrected chi connectivity index (χ2v) is 9.15. The van der Waals surface area contributed by atoms with Gasteiger partial charge in [0.15, 0.2) is 0 Å². The van der Waals surface area contributed by atoms with Crippen LogP contribution in [0.25, 0.3) is 0 Å². The minimum atomic E-state index is -4.18. The molecule has 0 heterocycles. The van der Waals surface area contributed by atoms with Crippen LogP contribution in [0.3, 0.4) is 0 Å². The molecule has 0 aliphatic rings. The summed E-state index contributed by atoms with van der Waals surface area (Å²) < 4.78 is 43.7. The predicted octanol–water partition coefficient (Wildman–Crippen LogP) is 3.01. The topological polar surface area (TPSA) is 94.2 Å². The first kappa shape index (κ1) is 24.8. The molecule has 0 aromatic heterocycles. The van der Waals surface area contributed by atoms with Crippen molar-refractivity contribution in [1.29, 1.82) is 0 Å². The van der Waals surface area contributed by atoms with Crippen molar-refractivity contribution >= 4 is 33.2 Å². The van der Waals surface area contributed by atoms with Gasteiger partial charge < -0.3 is 19.5 Å². The molecule has 10 heteroatoms. The van der Waals surface area contributed by atoms with Crippen LogP contribution in [0.2, 0.25) is 5.02 Å². The zero-order chi connectivity index (χ0) is 23.2. The molecule has 0 radical (unpaired) electrons. The lowest BCUT2D eigenvalue weighted by Crippen LogP contribution is -2.44. The van der Waals surface area contributed by atoms with Crippen LogP contribution in [0.15, 0.2) is 41.3 Å². The average molecular weight is 471 g/mol. The molecule has 0 saturated carbocycles. The normalized spacial score (nSPS) is 12.2. The number of anilines is 1. The molecule has 1 N–H and O–H groups in total. The van der Waals surface area contributed by atoms with Gasteiger partial charge in [0.1, 0.15) is 22.9 Å². The molecule has 0 aliphatic heterocycles. The molecule has 1 amide bonds. The Morgan fingerprint density at radius 3 is 2.32 bits per heavy atom. The smallest absolute Gasteiger partial charge is 0.268 e. The summed E-state index contributed by atoms with van der Waals surface area (Å²) in [6.07, 6.45) is 0. The molecule has 31 heavy (non-hydrogen) atoms. The monoisotopic (exact) mass is 470 g/mol. The summed E-state index contributed by atoms with van der Waals surface area (Å²) in [5.41, 5.74) is 0.939. The number of aryl methyl sites for hydroxylation is 1. The number of hydrogen-bond donors (Lipinski definition) is 1. The minimum Gasteiger partial charge on any atom is -0.495 e. The molecule has 8 nitrogen and oxygen atoms in total. The van der Waals surface area contributed by atoms with Gasteiger partial charge in [0.25, 0.3) is 10.0 Å². The van der Waals surface area contributed by atoms with E-state index in [1.54, 1.807) is 32.0 Å². The Morgan fingerprint density at radius 1 is 1.10 bits per heavy atom. The fourth-order valence-electron chi connectivity index (χ4n) is 2.97. The number of benzene rings is 2. The van der Waals surface area contributed by atoms with Gasteiger partial charge in [0.05, 0.1) is 31.5 Å². The lowest BCUT2D eigenvalue weighted by molar-refractivity contribution is -0.120. The molecular weight excluding hydrogens is 444 g/mol. The van der Waals surface area contributed by atoms with Crippen molar-refractivity contribution in [3.63, 3.8) is 0 Å². The molecule has 170 valence electrons. The van der Waals surface area contributed by atoms with Gasteiger partial charge in [-0.3, -0.25) is 9.10 Å². The molecule has 0 bridgehead atoms. The van der Waals surface area contributed by atoms with Crippen molar-refractivity contribution in [3.05, 3.63) is 47.0 Å². The molecule has 0 fully saturated rings. The van der Waals surface area contributed by atoms with Crippen molar-refractivity contribution in [2.24, 2.45) is 0 Å². The SMILES string of the molecule is COC[C@@H](C)NC(=O)CN(c1ccc(OC)c(Cl)c1)S(=O)(=O)c1cc(C)ccc1OC. The van der Waals surface area contributed by atoms with Crippen LogP contribution < -0.4 is 19.1 Å². The van der Waals surface area contributed by atoms with E-state index in [0.717, 1.165) is 9.87 Å². The van der Waals surface area contributed by atoms with E-state index in [1.165, 1.54) is 39.5 Å². The van der Waals surface area contributed by atoms with E-state index in [9.17, 15) is 13.2 Å². The van der Waals surface area contributed by atoms with Crippen molar-refractivity contribution in [3.8, 4) is 11.5 Å². The van der Waals surface area contributed by atoms with Crippen LogP contribution in [0.1, 0.15) is 12.5 Å². The minimum absolute atomic E-state index is 0.0559. The highest BCUT2D eigenvalue weighted by molar-refractivity contribution is 7.93. The summed E-state index contributed by atoms with van der Waals surface area (Å²) in [6, 6.07) is 9.02. The van der Waals surface area contributed by atoms with Crippen LogP contribution in [0.4, 0.5) is 5.69 Å². The average Bonchev–Trinajstić information content (AvgIpc) is 2.72. The fourth-order valence-corrected chi connectivity index (χ4v) is 4.88. The molecule has 0 aliphatic carbocycles. The number of halogens is 1. The summed E-state index contributed by atoms with van der Waals surface area (Å²) in [6.45, 7) is 3.36. The molecule has 1 atom stereocenters. The Balaban J connectivity index is 2.55. The standard InChI is InChI=1S/C21H27ClN2O6S/c1-14-6-8-19(30-5)20(10-14)31(26,27)24(12-21(25)23-15(2)13-28-3)16-7-9-18(29-4)17(22)11-16/h6-11,15H,12-13H2,1-5H3,(H,23,25)/t15-/m1/s1. The number of amides is 1. The number of sulfonamides is 1. The van der Waals surface area contributed by atoms with Crippen LogP contribution in [0.5, 0.6) is 11.5 Å². The van der Waals surface area contributed by atoms with E-state index in [2.05, 4.69) is 5.32 Å². The van der Waals surface area contributed by atoms with Crippen LogP contribution in [-0.4, -0.2) is 54.8 Å². The van der Waals surface area contributed by atoms with Gasteiger partial charge in [-0.1, -0.05) is 17.7 Å². The molecule has 2 rings (SSSR count). The van der Waals surface area contributed by atoms with Gasteiger partial charge in [-0.15, -0.1) is 0 Å². The number of rotatable bonds is 10.